The molecule has 1 aromatic heterocycles. The fourth-order valence-corrected chi connectivity index (χ4v) is 4.96. The Bertz CT molecular complexity index is 629. The number of aryl methyl sites for hydroxylation is 2. The van der Waals surface area contributed by atoms with Crippen molar-refractivity contribution in [1.29, 1.82) is 0 Å². The molecule has 0 amide bonds. The van der Waals surface area contributed by atoms with Crippen molar-refractivity contribution in [3.8, 4) is 0 Å². The van der Waals surface area contributed by atoms with E-state index in [1.165, 1.54) is 0 Å². The molecule has 22 heavy (non-hydrogen) atoms. The predicted molar refractivity (Wildman–Crippen MR) is 86.4 cm³/mol. The lowest BCUT2D eigenvalue weighted by Gasteiger charge is -2.36. The molecule has 0 aromatic carbocycles. The van der Waals surface area contributed by atoms with Crippen LogP contribution < -0.4 is 4.90 Å². The Hall–Kier alpha value is -1.21. The fraction of sp³-hybridized carbons (Fsp3) is 0.733. The molecule has 2 heterocycles. The summed E-state index contributed by atoms with van der Waals surface area (Å²) in [7, 11) is -1.33. The van der Waals surface area contributed by atoms with Gasteiger partial charge in [-0.2, -0.15) is 0 Å². The van der Waals surface area contributed by atoms with Gasteiger partial charge in [0.15, 0.2) is 0 Å². The Morgan fingerprint density at radius 3 is 2.32 bits per heavy atom. The first-order valence-electron chi connectivity index (χ1n) is 7.92. The topological polar surface area (TPSA) is 66.4 Å². The zero-order chi connectivity index (χ0) is 15.9. The molecule has 1 aliphatic heterocycles. The second-order valence-electron chi connectivity index (χ2n) is 6.39. The Morgan fingerprint density at radius 2 is 1.77 bits per heavy atom. The standard InChI is InChI=1S/C15H24N4O2S/c1-11-10-15(17-12(2)16-11)19-8-6-13(7-9-19)18(3)22(20,21)14-4-5-14/h10,13-14H,4-9H2,1-3H3. The van der Waals surface area contributed by atoms with Crippen molar-refractivity contribution in [2.24, 2.45) is 0 Å². The zero-order valence-electron chi connectivity index (χ0n) is 13.5. The first kappa shape index (κ1) is 15.7. The maximum absolute atomic E-state index is 12.3. The Kier molecular flexibility index (Phi) is 4.11. The third-order valence-electron chi connectivity index (χ3n) is 4.60. The fourth-order valence-electron chi connectivity index (χ4n) is 3.13. The first-order valence-corrected chi connectivity index (χ1v) is 9.42. The number of hydrogen-bond donors (Lipinski definition) is 0. The normalized spacial score (nSPS) is 20.6. The van der Waals surface area contributed by atoms with Crippen molar-refractivity contribution >= 4 is 15.8 Å². The van der Waals surface area contributed by atoms with Crippen molar-refractivity contribution in [2.45, 2.75) is 50.8 Å². The Balaban J connectivity index is 1.65. The summed E-state index contributed by atoms with van der Waals surface area (Å²) in [6.07, 6.45) is 3.35. The van der Waals surface area contributed by atoms with Crippen LogP contribution in [0.4, 0.5) is 5.82 Å². The highest BCUT2D eigenvalue weighted by Gasteiger charge is 2.41. The maximum atomic E-state index is 12.3. The molecule has 1 aliphatic carbocycles. The van der Waals surface area contributed by atoms with Crippen molar-refractivity contribution in [3.63, 3.8) is 0 Å². The van der Waals surface area contributed by atoms with Crippen LogP contribution in [0.15, 0.2) is 6.07 Å². The minimum atomic E-state index is -3.07. The molecule has 0 unspecified atom stereocenters. The van der Waals surface area contributed by atoms with Gasteiger partial charge in [0.1, 0.15) is 11.6 Å². The summed E-state index contributed by atoms with van der Waals surface area (Å²) in [6, 6.07) is 2.11. The smallest absolute Gasteiger partial charge is 0.216 e. The molecule has 0 N–H and O–H groups in total. The second-order valence-corrected chi connectivity index (χ2v) is 8.67. The summed E-state index contributed by atoms with van der Waals surface area (Å²) < 4.78 is 26.3. The summed E-state index contributed by atoms with van der Waals surface area (Å²) in [4.78, 5) is 11.0. The van der Waals surface area contributed by atoms with Crippen molar-refractivity contribution in [1.82, 2.24) is 14.3 Å². The summed E-state index contributed by atoms with van der Waals surface area (Å²) in [6.45, 7) is 5.55. The lowest BCUT2D eigenvalue weighted by Crippen LogP contribution is -2.46. The van der Waals surface area contributed by atoms with E-state index in [2.05, 4.69) is 14.9 Å². The zero-order valence-corrected chi connectivity index (χ0v) is 14.3. The highest BCUT2D eigenvalue weighted by atomic mass is 32.2. The van der Waals surface area contributed by atoms with E-state index in [0.29, 0.717) is 0 Å². The van der Waals surface area contributed by atoms with Gasteiger partial charge in [-0.25, -0.2) is 22.7 Å². The van der Waals surface area contributed by atoms with Gasteiger partial charge in [-0.05, 0) is 39.5 Å². The molecule has 0 atom stereocenters. The van der Waals surface area contributed by atoms with Gasteiger partial charge in [-0.15, -0.1) is 0 Å². The van der Waals surface area contributed by atoms with Gasteiger partial charge >= 0.3 is 0 Å². The maximum Gasteiger partial charge on any atom is 0.216 e. The highest BCUT2D eigenvalue weighted by Crippen LogP contribution is 2.33. The lowest BCUT2D eigenvalue weighted by molar-refractivity contribution is 0.311. The lowest BCUT2D eigenvalue weighted by atomic mass is 10.1. The van der Waals surface area contributed by atoms with E-state index >= 15 is 0 Å². The van der Waals surface area contributed by atoms with Gasteiger partial charge in [-0.3, -0.25) is 0 Å². The Morgan fingerprint density at radius 1 is 1.14 bits per heavy atom. The highest BCUT2D eigenvalue weighted by molar-refractivity contribution is 7.90. The molecule has 2 fully saturated rings. The molecule has 122 valence electrons. The van der Waals surface area contributed by atoms with Gasteiger partial charge in [0.2, 0.25) is 10.0 Å². The molecular weight excluding hydrogens is 300 g/mol. The number of nitrogens with zero attached hydrogens (tertiary/aromatic N) is 4. The molecular formula is C15H24N4O2S. The van der Waals surface area contributed by atoms with E-state index in [-0.39, 0.29) is 11.3 Å². The van der Waals surface area contributed by atoms with E-state index in [9.17, 15) is 8.42 Å². The van der Waals surface area contributed by atoms with E-state index in [4.69, 9.17) is 0 Å². The van der Waals surface area contributed by atoms with Crippen LogP contribution in [0.2, 0.25) is 0 Å². The third-order valence-corrected chi connectivity index (χ3v) is 7.02. The summed E-state index contributed by atoms with van der Waals surface area (Å²) >= 11 is 0. The summed E-state index contributed by atoms with van der Waals surface area (Å²) in [5.74, 6) is 1.74. The van der Waals surface area contributed by atoms with E-state index in [1.807, 2.05) is 19.9 Å². The van der Waals surface area contributed by atoms with Crippen LogP contribution in [0, 0.1) is 13.8 Å². The van der Waals surface area contributed by atoms with Crippen LogP contribution in [-0.4, -0.2) is 54.1 Å². The number of rotatable bonds is 4. The van der Waals surface area contributed by atoms with E-state index < -0.39 is 10.0 Å². The van der Waals surface area contributed by atoms with Gasteiger partial charge in [0, 0.05) is 37.9 Å². The SMILES string of the molecule is Cc1cc(N2CCC(N(C)S(=O)(=O)C3CC3)CC2)nc(C)n1. The molecule has 1 saturated heterocycles. The summed E-state index contributed by atoms with van der Waals surface area (Å²) in [5, 5.41) is -0.123. The van der Waals surface area contributed by atoms with Crippen LogP contribution in [0.5, 0.6) is 0 Å². The van der Waals surface area contributed by atoms with E-state index in [0.717, 1.165) is 56.1 Å². The van der Waals surface area contributed by atoms with Gasteiger partial charge in [0.25, 0.3) is 0 Å². The minimum Gasteiger partial charge on any atom is -0.356 e. The third kappa shape index (κ3) is 3.10. The second kappa shape index (κ2) is 5.77. The van der Waals surface area contributed by atoms with Crippen molar-refractivity contribution in [3.05, 3.63) is 17.6 Å². The number of aromatic nitrogens is 2. The quantitative estimate of drug-likeness (QED) is 0.839. The molecule has 3 rings (SSSR count). The number of anilines is 1. The molecule has 0 radical (unpaired) electrons. The van der Waals surface area contributed by atoms with Crippen LogP contribution >= 0.6 is 0 Å². The molecule has 0 spiro atoms. The Labute approximate surface area is 132 Å². The first-order chi connectivity index (χ1) is 10.4. The molecule has 1 saturated carbocycles. The molecule has 0 bridgehead atoms. The largest absolute Gasteiger partial charge is 0.356 e. The number of sulfonamides is 1. The molecule has 6 nitrogen and oxygen atoms in total. The van der Waals surface area contributed by atoms with Gasteiger partial charge in [-0.1, -0.05) is 0 Å². The summed E-state index contributed by atoms with van der Waals surface area (Å²) in [5.41, 5.74) is 0.970. The van der Waals surface area contributed by atoms with Crippen LogP contribution in [-0.2, 0) is 10.0 Å². The van der Waals surface area contributed by atoms with Gasteiger partial charge < -0.3 is 4.90 Å². The number of piperidine rings is 1. The number of hydrogen-bond acceptors (Lipinski definition) is 5. The minimum absolute atomic E-state index is 0.117. The van der Waals surface area contributed by atoms with Crippen LogP contribution in [0.3, 0.4) is 0 Å². The van der Waals surface area contributed by atoms with Gasteiger partial charge in [0.05, 0.1) is 5.25 Å². The monoisotopic (exact) mass is 324 g/mol. The van der Waals surface area contributed by atoms with E-state index in [1.54, 1.807) is 11.4 Å². The average Bonchev–Trinajstić information content (AvgIpc) is 3.30. The molecule has 1 aromatic rings. The van der Waals surface area contributed by atoms with Crippen molar-refractivity contribution < 1.29 is 8.42 Å². The average molecular weight is 324 g/mol. The molecule has 2 aliphatic rings. The predicted octanol–water partition coefficient (Wildman–Crippen LogP) is 1.49. The van der Waals surface area contributed by atoms with Crippen LogP contribution in [0.1, 0.15) is 37.2 Å². The van der Waals surface area contributed by atoms with Crippen LogP contribution in [0.25, 0.3) is 0 Å². The van der Waals surface area contributed by atoms with Crippen molar-refractivity contribution in [2.75, 3.05) is 25.0 Å². The molecule has 7 heteroatoms.